The molecule has 1 fully saturated rings. The number of rotatable bonds is 1. The molecule has 1 aromatic rings. The van der Waals surface area contributed by atoms with Crippen molar-refractivity contribution in [3.63, 3.8) is 0 Å². The quantitative estimate of drug-likeness (QED) is 0.506. The summed E-state index contributed by atoms with van der Waals surface area (Å²) in [5, 5.41) is 0. The van der Waals surface area contributed by atoms with Crippen molar-refractivity contribution in [2.75, 3.05) is 0 Å². The molecule has 0 bridgehead atoms. The maximum Gasteiger partial charge on any atom is 0.106 e. The van der Waals surface area contributed by atoms with Crippen molar-refractivity contribution in [3.8, 4) is 0 Å². The lowest BCUT2D eigenvalue weighted by molar-refractivity contribution is 1.13. The zero-order valence-corrected chi connectivity index (χ0v) is 6.25. The van der Waals surface area contributed by atoms with Crippen LogP contribution < -0.4 is 0 Å². The molecule has 1 heteroatoms. The lowest BCUT2D eigenvalue weighted by Gasteiger charge is -1.94. The average molecular weight is 130 g/mol. The zero-order chi connectivity index (χ0) is 6.97. The second kappa shape index (κ2) is 2.15. The van der Waals surface area contributed by atoms with Gasteiger partial charge in [-0.1, -0.05) is 42.6 Å². The van der Waals surface area contributed by atoms with E-state index in [1.54, 1.807) is 0 Å². The van der Waals surface area contributed by atoms with E-state index in [1.165, 1.54) is 12.0 Å². The molecule has 10 heavy (non-hydrogen) atoms. The van der Waals surface area contributed by atoms with Crippen LogP contribution in [-0.2, 0) is 0 Å². The Bertz CT molecular complexity index is 217. The minimum Gasteiger partial charge on any atom is -0.0624 e. The molecule has 0 radical (unpaired) electrons. The minimum absolute atomic E-state index is 0.876. The summed E-state index contributed by atoms with van der Waals surface area (Å²) in [4.78, 5) is 0. The molecule has 0 aliphatic heterocycles. The summed E-state index contributed by atoms with van der Waals surface area (Å²) in [5.74, 6) is 1.81. The summed E-state index contributed by atoms with van der Waals surface area (Å²) in [7, 11) is 2.32. The van der Waals surface area contributed by atoms with Crippen LogP contribution in [0, 0.1) is 0 Å². The predicted molar refractivity (Wildman–Crippen MR) is 46.1 cm³/mol. The van der Waals surface area contributed by atoms with Gasteiger partial charge in [0.05, 0.1) is 0 Å². The Hall–Kier alpha value is -0.715. The first-order valence-corrected chi connectivity index (χ1v) is 3.93. The van der Waals surface area contributed by atoms with Crippen molar-refractivity contribution in [1.29, 1.82) is 0 Å². The molecule has 0 amide bonds. The second-order valence-corrected chi connectivity index (χ2v) is 3.23. The summed E-state index contributed by atoms with van der Waals surface area (Å²) in [6.07, 6.45) is 1.39. The highest BCUT2D eigenvalue weighted by molar-refractivity contribution is 6.14. The highest BCUT2D eigenvalue weighted by Gasteiger charge is 2.33. The second-order valence-electron chi connectivity index (χ2n) is 3.23. The molecule has 0 nitrogen and oxygen atoms in total. The monoisotopic (exact) mass is 130 g/mol. The average Bonchev–Trinajstić information content (AvgIpc) is 2.69. The van der Waals surface area contributed by atoms with Crippen LogP contribution in [0.2, 0.25) is 5.82 Å². The molecule has 0 saturated heterocycles. The molecular weight excluding hydrogens is 119 g/mol. The van der Waals surface area contributed by atoms with Gasteiger partial charge >= 0.3 is 0 Å². The summed E-state index contributed by atoms with van der Waals surface area (Å²) < 4.78 is 0. The molecule has 1 aliphatic carbocycles. The summed E-state index contributed by atoms with van der Waals surface area (Å²) >= 11 is 0. The van der Waals surface area contributed by atoms with Crippen LogP contribution >= 0.6 is 0 Å². The van der Waals surface area contributed by atoms with Crippen LogP contribution in [0.3, 0.4) is 0 Å². The fourth-order valence-corrected chi connectivity index (χ4v) is 1.49. The first kappa shape index (κ1) is 6.02. The van der Waals surface area contributed by atoms with E-state index in [9.17, 15) is 0 Å². The maximum atomic E-state index is 2.32. The molecule has 1 saturated carbocycles. The fraction of sp³-hybridized carbons (Fsp3) is 0.333. The molecule has 0 aromatic heterocycles. The van der Waals surface area contributed by atoms with Gasteiger partial charge in [-0.05, 0) is 11.5 Å². The van der Waals surface area contributed by atoms with E-state index in [0.717, 1.165) is 11.7 Å². The van der Waals surface area contributed by atoms with Gasteiger partial charge in [0.1, 0.15) is 7.85 Å². The van der Waals surface area contributed by atoms with Crippen LogP contribution in [0.15, 0.2) is 30.3 Å². The van der Waals surface area contributed by atoms with E-state index in [0.29, 0.717) is 0 Å². The Morgan fingerprint density at radius 1 is 1.20 bits per heavy atom. The highest BCUT2D eigenvalue weighted by Crippen LogP contribution is 2.50. The first-order valence-electron chi connectivity index (χ1n) is 3.93. The molecule has 0 heterocycles. The van der Waals surface area contributed by atoms with Gasteiger partial charge in [-0.15, -0.1) is 0 Å². The Balaban J connectivity index is 2.20. The van der Waals surface area contributed by atoms with Gasteiger partial charge in [0.15, 0.2) is 0 Å². The van der Waals surface area contributed by atoms with Crippen molar-refractivity contribution in [2.45, 2.75) is 18.2 Å². The van der Waals surface area contributed by atoms with Crippen LogP contribution in [0.1, 0.15) is 17.9 Å². The zero-order valence-electron chi connectivity index (χ0n) is 6.25. The summed E-state index contributed by atoms with van der Waals surface area (Å²) in [6, 6.07) is 10.8. The Morgan fingerprint density at radius 2 is 1.80 bits per heavy atom. The highest BCUT2D eigenvalue weighted by atomic mass is 14.3. The lowest BCUT2D eigenvalue weighted by Crippen LogP contribution is -1.77. The van der Waals surface area contributed by atoms with Crippen molar-refractivity contribution >= 4 is 7.85 Å². The van der Waals surface area contributed by atoms with Gasteiger partial charge < -0.3 is 0 Å². The molecule has 2 rings (SSSR count). The molecular formula is C9H11B. The molecule has 2 atom stereocenters. The molecule has 0 spiro atoms. The van der Waals surface area contributed by atoms with Gasteiger partial charge in [-0.25, -0.2) is 0 Å². The van der Waals surface area contributed by atoms with E-state index < -0.39 is 0 Å². The Kier molecular flexibility index (Phi) is 1.30. The molecule has 50 valence electrons. The van der Waals surface area contributed by atoms with Gasteiger partial charge in [-0.2, -0.15) is 0 Å². The standard InChI is InChI=1S/C9H11B/c10-9-6-8(9)7-4-2-1-3-5-7/h1-5,8-9H,6,10H2. The Morgan fingerprint density at radius 3 is 2.30 bits per heavy atom. The molecule has 0 N–H and O–H groups in total. The van der Waals surface area contributed by atoms with E-state index in [-0.39, 0.29) is 0 Å². The van der Waals surface area contributed by atoms with Crippen LogP contribution in [0.5, 0.6) is 0 Å². The van der Waals surface area contributed by atoms with E-state index in [4.69, 9.17) is 0 Å². The smallest absolute Gasteiger partial charge is 0.0624 e. The normalized spacial score (nSPS) is 30.0. The van der Waals surface area contributed by atoms with Crippen LogP contribution in [-0.4, -0.2) is 7.85 Å². The van der Waals surface area contributed by atoms with Crippen molar-refractivity contribution in [3.05, 3.63) is 35.9 Å². The number of hydrogen-bond acceptors (Lipinski definition) is 0. The molecule has 1 aliphatic rings. The van der Waals surface area contributed by atoms with Gasteiger partial charge in [0, 0.05) is 0 Å². The number of benzene rings is 1. The van der Waals surface area contributed by atoms with Crippen LogP contribution in [0.4, 0.5) is 0 Å². The minimum atomic E-state index is 0.876. The SMILES string of the molecule is BC1CC1c1ccccc1. The van der Waals surface area contributed by atoms with Crippen molar-refractivity contribution in [1.82, 2.24) is 0 Å². The third kappa shape index (κ3) is 0.963. The van der Waals surface area contributed by atoms with Crippen molar-refractivity contribution in [2.24, 2.45) is 0 Å². The predicted octanol–water partition coefficient (Wildman–Crippen LogP) is 1.60. The molecule has 1 aromatic carbocycles. The van der Waals surface area contributed by atoms with Crippen LogP contribution in [0.25, 0.3) is 0 Å². The summed E-state index contributed by atoms with van der Waals surface area (Å²) in [5.41, 5.74) is 1.52. The Labute approximate surface area is 62.7 Å². The topological polar surface area (TPSA) is 0 Å². The molecule has 2 unspecified atom stereocenters. The van der Waals surface area contributed by atoms with Gasteiger partial charge in [0.2, 0.25) is 0 Å². The van der Waals surface area contributed by atoms with Crippen molar-refractivity contribution < 1.29 is 0 Å². The third-order valence-electron chi connectivity index (χ3n) is 2.34. The van der Waals surface area contributed by atoms with Gasteiger partial charge in [-0.3, -0.25) is 0 Å². The summed E-state index contributed by atoms with van der Waals surface area (Å²) in [6.45, 7) is 0. The maximum absolute atomic E-state index is 2.32. The lowest BCUT2D eigenvalue weighted by atomic mass is 9.97. The van der Waals surface area contributed by atoms with E-state index in [2.05, 4.69) is 38.2 Å². The fourth-order valence-electron chi connectivity index (χ4n) is 1.49. The third-order valence-corrected chi connectivity index (χ3v) is 2.34. The van der Waals surface area contributed by atoms with Gasteiger partial charge in [0.25, 0.3) is 0 Å². The van der Waals surface area contributed by atoms with E-state index in [1.807, 2.05) is 0 Å². The van der Waals surface area contributed by atoms with E-state index >= 15 is 0 Å². The first-order chi connectivity index (χ1) is 4.88. The number of hydrogen-bond donors (Lipinski definition) is 0. The largest absolute Gasteiger partial charge is 0.106 e.